The SMILES string of the molecule is CCOC1CCN(C(=O)[C@H](N)C(C)(C)C)CC1. The van der Waals surface area contributed by atoms with Gasteiger partial charge in [-0.05, 0) is 25.2 Å². The number of carbonyl (C=O) groups excluding carboxylic acids is 1. The number of likely N-dealkylation sites (tertiary alicyclic amines) is 1. The Labute approximate surface area is 104 Å². The zero-order valence-electron chi connectivity index (χ0n) is 11.5. The second-order valence-corrected chi connectivity index (χ2v) is 5.82. The van der Waals surface area contributed by atoms with E-state index in [-0.39, 0.29) is 11.3 Å². The van der Waals surface area contributed by atoms with Crippen LogP contribution in [0.4, 0.5) is 0 Å². The predicted molar refractivity (Wildman–Crippen MR) is 68.7 cm³/mol. The maximum Gasteiger partial charge on any atom is 0.240 e. The molecular formula is C13H26N2O2. The van der Waals surface area contributed by atoms with Crippen molar-refractivity contribution in [2.45, 2.75) is 52.7 Å². The van der Waals surface area contributed by atoms with Crippen LogP contribution in [-0.4, -0.2) is 42.6 Å². The summed E-state index contributed by atoms with van der Waals surface area (Å²) in [7, 11) is 0. The number of carbonyl (C=O) groups is 1. The van der Waals surface area contributed by atoms with Crippen molar-refractivity contribution >= 4 is 5.91 Å². The maximum absolute atomic E-state index is 12.2. The first-order valence-electron chi connectivity index (χ1n) is 6.52. The Bertz CT molecular complexity index is 253. The highest BCUT2D eigenvalue weighted by Crippen LogP contribution is 2.21. The van der Waals surface area contributed by atoms with Gasteiger partial charge in [0.2, 0.25) is 5.91 Å². The molecule has 0 aliphatic carbocycles. The summed E-state index contributed by atoms with van der Waals surface area (Å²) in [6.07, 6.45) is 2.17. The molecule has 0 aromatic heterocycles. The van der Waals surface area contributed by atoms with Gasteiger partial charge in [-0.2, -0.15) is 0 Å². The van der Waals surface area contributed by atoms with Gasteiger partial charge in [0.25, 0.3) is 0 Å². The van der Waals surface area contributed by atoms with E-state index in [2.05, 4.69) is 0 Å². The number of hydrogen-bond donors (Lipinski definition) is 1. The molecule has 0 aromatic rings. The van der Waals surface area contributed by atoms with Gasteiger partial charge in [-0.3, -0.25) is 4.79 Å². The Morgan fingerprint density at radius 3 is 2.35 bits per heavy atom. The van der Waals surface area contributed by atoms with Crippen molar-refractivity contribution in [2.75, 3.05) is 19.7 Å². The van der Waals surface area contributed by atoms with Crippen molar-refractivity contribution in [3.63, 3.8) is 0 Å². The number of nitrogens with zero attached hydrogens (tertiary/aromatic N) is 1. The number of piperidine rings is 1. The first-order valence-corrected chi connectivity index (χ1v) is 6.52. The lowest BCUT2D eigenvalue weighted by Gasteiger charge is -2.36. The average molecular weight is 242 g/mol. The predicted octanol–water partition coefficient (Wildman–Crippen LogP) is 1.39. The fourth-order valence-corrected chi connectivity index (χ4v) is 2.05. The van der Waals surface area contributed by atoms with Gasteiger partial charge in [-0.25, -0.2) is 0 Å². The number of hydrogen-bond acceptors (Lipinski definition) is 3. The van der Waals surface area contributed by atoms with Crippen molar-refractivity contribution in [1.29, 1.82) is 0 Å². The highest BCUT2D eigenvalue weighted by molar-refractivity contribution is 5.82. The molecule has 1 rings (SSSR count). The number of rotatable bonds is 3. The van der Waals surface area contributed by atoms with Crippen LogP contribution in [-0.2, 0) is 9.53 Å². The van der Waals surface area contributed by atoms with Crippen molar-refractivity contribution < 1.29 is 9.53 Å². The second kappa shape index (κ2) is 5.83. The summed E-state index contributed by atoms with van der Waals surface area (Å²) in [5, 5.41) is 0. The minimum Gasteiger partial charge on any atom is -0.378 e. The van der Waals surface area contributed by atoms with Crippen LogP contribution in [0.1, 0.15) is 40.5 Å². The zero-order valence-corrected chi connectivity index (χ0v) is 11.5. The molecule has 1 aliphatic rings. The molecule has 17 heavy (non-hydrogen) atoms. The summed E-state index contributed by atoms with van der Waals surface area (Å²) in [5.41, 5.74) is 5.82. The summed E-state index contributed by atoms with van der Waals surface area (Å²) in [6.45, 7) is 10.3. The van der Waals surface area contributed by atoms with Gasteiger partial charge >= 0.3 is 0 Å². The van der Waals surface area contributed by atoms with Crippen LogP contribution < -0.4 is 5.73 Å². The van der Waals surface area contributed by atoms with Gasteiger partial charge in [0.15, 0.2) is 0 Å². The molecule has 0 saturated carbocycles. The number of nitrogens with two attached hydrogens (primary N) is 1. The molecule has 0 unspecified atom stereocenters. The molecule has 0 aromatic carbocycles. The molecule has 4 nitrogen and oxygen atoms in total. The highest BCUT2D eigenvalue weighted by atomic mass is 16.5. The topological polar surface area (TPSA) is 55.6 Å². The molecule has 1 heterocycles. The first kappa shape index (κ1) is 14.5. The highest BCUT2D eigenvalue weighted by Gasteiger charge is 2.32. The summed E-state index contributed by atoms with van der Waals surface area (Å²) >= 11 is 0. The molecule has 0 bridgehead atoms. The van der Waals surface area contributed by atoms with E-state index in [0.717, 1.165) is 32.5 Å². The van der Waals surface area contributed by atoms with Crippen molar-refractivity contribution in [2.24, 2.45) is 11.1 Å². The molecule has 4 heteroatoms. The summed E-state index contributed by atoms with van der Waals surface area (Å²) in [6, 6.07) is -0.411. The van der Waals surface area contributed by atoms with Crippen molar-refractivity contribution in [1.82, 2.24) is 4.90 Å². The van der Waals surface area contributed by atoms with E-state index in [0.29, 0.717) is 6.10 Å². The molecule has 2 N–H and O–H groups in total. The minimum absolute atomic E-state index is 0.0763. The minimum atomic E-state index is -0.411. The van der Waals surface area contributed by atoms with E-state index in [1.54, 1.807) is 0 Å². The second-order valence-electron chi connectivity index (χ2n) is 5.82. The molecule has 1 atom stereocenters. The van der Waals surface area contributed by atoms with E-state index in [1.807, 2.05) is 32.6 Å². The lowest BCUT2D eigenvalue weighted by atomic mass is 9.86. The molecule has 1 fully saturated rings. The lowest BCUT2D eigenvalue weighted by Crippen LogP contribution is -2.53. The third-order valence-electron chi connectivity index (χ3n) is 3.36. The molecule has 1 aliphatic heterocycles. The Hall–Kier alpha value is -0.610. The van der Waals surface area contributed by atoms with Gasteiger partial charge in [-0.1, -0.05) is 20.8 Å². The van der Waals surface area contributed by atoms with E-state index in [9.17, 15) is 4.79 Å². The van der Waals surface area contributed by atoms with Crippen LogP contribution in [0.25, 0.3) is 0 Å². The number of amides is 1. The molecule has 100 valence electrons. The number of ether oxygens (including phenoxy) is 1. The lowest BCUT2D eigenvalue weighted by molar-refractivity contribution is -0.137. The monoisotopic (exact) mass is 242 g/mol. The van der Waals surface area contributed by atoms with Gasteiger partial charge in [-0.15, -0.1) is 0 Å². The van der Waals surface area contributed by atoms with Crippen LogP contribution in [0.15, 0.2) is 0 Å². The van der Waals surface area contributed by atoms with E-state index >= 15 is 0 Å². The third kappa shape index (κ3) is 3.96. The summed E-state index contributed by atoms with van der Waals surface area (Å²) in [4.78, 5) is 14.0. The normalized spacial score (nSPS) is 20.4. The van der Waals surface area contributed by atoms with E-state index in [4.69, 9.17) is 10.5 Å². The molecule has 1 saturated heterocycles. The van der Waals surface area contributed by atoms with Gasteiger partial charge in [0.05, 0.1) is 12.1 Å². The third-order valence-corrected chi connectivity index (χ3v) is 3.36. The Morgan fingerprint density at radius 2 is 1.94 bits per heavy atom. The maximum atomic E-state index is 12.2. The summed E-state index contributed by atoms with van der Waals surface area (Å²) in [5.74, 6) is 0.0763. The summed E-state index contributed by atoms with van der Waals surface area (Å²) < 4.78 is 5.57. The van der Waals surface area contributed by atoms with Gasteiger partial charge in [0, 0.05) is 19.7 Å². The largest absolute Gasteiger partial charge is 0.378 e. The van der Waals surface area contributed by atoms with Crippen LogP contribution >= 0.6 is 0 Å². The Morgan fingerprint density at radius 1 is 1.41 bits per heavy atom. The quantitative estimate of drug-likeness (QED) is 0.813. The van der Waals surface area contributed by atoms with Crippen LogP contribution in [0, 0.1) is 5.41 Å². The fraction of sp³-hybridized carbons (Fsp3) is 0.923. The fourth-order valence-electron chi connectivity index (χ4n) is 2.05. The molecular weight excluding hydrogens is 216 g/mol. The Balaban J connectivity index is 2.46. The van der Waals surface area contributed by atoms with Crippen LogP contribution in [0.3, 0.4) is 0 Å². The molecule has 0 spiro atoms. The van der Waals surface area contributed by atoms with Crippen molar-refractivity contribution in [3.8, 4) is 0 Å². The van der Waals surface area contributed by atoms with Crippen LogP contribution in [0.5, 0.6) is 0 Å². The standard InChI is InChI=1S/C13H26N2O2/c1-5-17-10-6-8-15(9-7-10)12(16)11(14)13(2,3)4/h10-11H,5-9,14H2,1-4H3/t11-/m0/s1. The van der Waals surface area contributed by atoms with Gasteiger partial charge < -0.3 is 15.4 Å². The molecule has 1 amide bonds. The van der Waals surface area contributed by atoms with Gasteiger partial charge in [0.1, 0.15) is 0 Å². The first-order chi connectivity index (χ1) is 7.86. The van der Waals surface area contributed by atoms with Crippen LogP contribution in [0.2, 0.25) is 0 Å². The van der Waals surface area contributed by atoms with E-state index in [1.165, 1.54) is 0 Å². The smallest absolute Gasteiger partial charge is 0.240 e. The Kier molecular flexibility index (Phi) is 4.95. The average Bonchev–Trinajstić information content (AvgIpc) is 2.27. The van der Waals surface area contributed by atoms with Crippen molar-refractivity contribution in [3.05, 3.63) is 0 Å². The molecule has 0 radical (unpaired) electrons. The zero-order chi connectivity index (χ0) is 13.1. The van der Waals surface area contributed by atoms with E-state index < -0.39 is 6.04 Å².